The zero-order valence-electron chi connectivity index (χ0n) is 10.6. The van der Waals surface area contributed by atoms with E-state index in [9.17, 15) is 0 Å². The van der Waals surface area contributed by atoms with Crippen LogP contribution >= 0.6 is 0 Å². The summed E-state index contributed by atoms with van der Waals surface area (Å²) >= 11 is 0. The second-order valence-corrected chi connectivity index (χ2v) is 4.73. The minimum atomic E-state index is -0.00560. The van der Waals surface area contributed by atoms with E-state index in [-0.39, 0.29) is 5.60 Å². The maximum Gasteiger partial charge on any atom is 0.0634 e. The molecule has 14 heavy (non-hydrogen) atoms. The summed E-state index contributed by atoms with van der Waals surface area (Å²) in [5.41, 5.74) is -0.00560. The Morgan fingerprint density at radius 1 is 1.36 bits per heavy atom. The number of methoxy groups -OCH3 is 1. The van der Waals surface area contributed by atoms with Crippen LogP contribution in [0.2, 0.25) is 0 Å². The number of hydrogen-bond donors (Lipinski definition) is 1. The molecule has 0 rings (SSSR count). The van der Waals surface area contributed by atoms with Gasteiger partial charge in [-0.15, -0.1) is 0 Å². The highest BCUT2D eigenvalue weighted by Crippen LogP contribution is 2.11. The molecule has 0 aromatic carbocycles. The van der Waals surface area contributed by atoms with Gasteiger partial charge in [-0.3, -0.25) is 0 Å². The standard InChI is InChI=1S/C11H26N2O/c1-10(13(4)5)9-12-8-7-11(2,3)14-6/h10,12H,7-9H2,1-6H3. The van der Waals surface area contributed by atoms with Gasteiger partial charge in [-0.05, 0) is 47.8 Å². The van der Waals surface area contributed by atoms with E-state index in [0.29, 0.717) is 6.04 Å². The van der Waals surface area contributed by atoms with Gasteiger partial charge < -0.3 is 15.0 Å². The molecule has 0 aliphatic carbocycles. The van der Waals surface area contributed by atoms with Crippen molar-refractivity contribution in [2.24, 2.45) is 0 Å². The minimum Gasteiger partial charge on any atom is -0.379 e. The quantitative estimate of drug-likeness (QED) is 0.631. The highest BCUT2D eigenvalue weighted by Gasteiger charge is 2.15. The molecule has 86 valence electrons. The SMILES string of the molecule is COC(C)(C)CCNCC(C)N(C)C. The van der Waals surface area contributed by atoms with Gasteiger partial charge in [0.2, 0.25) is 0 Å². The molecule has 1 N–H and O–H groups in total. The largest absolute Gasteiger partial charge is 0.379 e. The summed E-state index contributed by atoms with van der Waals surface area (Å²) in [6.45, 7) is 8.49. The van der Waals surface area contributed by atoms with E-state index in [2.05, 4.69) is 45.1 Å². The summed E-state index contributed by atoms with van der Waals surface area (Å²) < 4.78 is 5.34. The van der Waals surface area contributed by atoms with E-state index in [1.807, 2.05) is 0 Å². The van der Waals surface area contributed by atoms with Crippen molar-refractivity contribution in [1.82, 2.24) is 10.2 Å². The van der Waals surface area contributed by atoms with Gasteiger partial charge in [0.05, 0.1) is 5.60 Å². The maximum absolute atomic E-state index is 5.34. The third kappa shape index (κ3) is 6.35. The normalized spacial score (nSPS) is 14.8. The summed E-state index contributed by atoms with van der Waals surface area (Å²) in [6.07, 6.45) is 1.05. The first-order chi connectivity index (χ1) is 6.39. The lowest BCUT2D eigenvalue weighted by Crippen LogP contribution is -2.37. The van der Waals surface area contributed by atoms with Crippen molar-refractivity contribution in [2.75, 3.05) is 34.3 Å². The molecule has 3 heteroatoms. The Balaban J connectivity index is 3.47. The highest BCUT2D eigenvalue weighted by molar-refractivity contribution is 4.70. The van der Waals surface area contributed by atoms with E-state index in [1.165, 1.54) is 0 Å². The lowest BCUT2D eigenvalue weighted by molar-refractivity contribution is 0.0157. The summed E-state index contributed by atoms with van der Waals surface area (Å²) in [6, 6.07) is 0.584. The molecule has 0 aliphatic heterocycles. The molecule has 0 radical (unpaired) electrons. The predicted molar refractivity (Wildman–Crippen MR) is 61.7 cm³/mol. The molecule has 0 aromatic rings. The van der Waals surface area contributed by atoms with Crippen molar-refractivity contribution in [1.29, 1.82) is 0 Å². The molecule has 3 nitrogen and oxygen atoms in total. The van der Waals surface area contributed by atoms with Gasteiger partial charge in [0.25, 0.3) is 0 Å². The second kappa shape index (κ2) is 6.38. The third-order valence-electron chi connectivity index (χ3n) is 2.78. The third-order valence-corrected chi connectivity index (χ3v) is 2.78. The van der Waals surface area contributed by atoms with Gasteiger partial charge >= 0.3 is 0 Å². The van der Waals surface area contributed by atoms with Gasteiger partial charge in [-0.25, -0.2) is 0 Å². The van der Waals surface area contributed by atoms with Crippen LogP contribution in [0.1, 0.15) is 27.2 Å². The van der Waals surface area contributed by atoms with Gasteiger partial charge in [0.15, 0.2) is 0 Å². The average Bonchev–Trinajstić information content (AvgIpc) is 2.12. The zero-order valence-corrected chi connectivity index (χ0v) is 10.6. The van der Waals surface area contributed by atoms with Gasteiger partial charge in [-0.1, -0.05) is 0 Å². The molecule has 0 bridgehead atoms. The molecule has 0 amide bonds. The fourth-order valence-electron chi connectivity index (χ4n) is 0.985. The average molecular weight is 202 g/mol. The molecule has 0 heterocycles. The molecule has 1 unspecified atom stereocenters. The zero-order chi connectivity index (χ0) is 11.2. The molecule has 0 aromatic heterocycles. The number of rotatable bonds is 7. The van der Waals surface area contributed by atoms with Crippen LogP contribution < -0.4 is 5.32 Å². The number of nitrogens with zero attached hydrogens (tertiary/aromatic N) is 1. The Morgan fingerprint density at radius 2 is 1.93 bits per heavy atom. The molecule has 0 fully saturated rings. The molecule has 0 saturated carbocycles. The van der Waals surface area contributed by atoms with Crippen molar-refractivity contribution in [2.45, 2.75) is 38.8 Å². The van der Waals surface area contributed by atoms with Crippen LogP contribution in [-0.4, -0.2) is 50.8 Å². The summed E-state index contributed by atoms with van der Waals surface area (Å²) in [7, 11) is 5.97. The maximum atomic E-state index is 5.34. The first-order valence-corrected chi connectivity index (χ1v) is 5.31. The Bertz CT molecular complexity index is 146. The van der Waals surface area contributed by atoms with Crippen molar-refractivity contribution >= 4 is 0 Å². The lowest BCUT2D eigenvalue weighted by atomic mass is 10.1. The number of ether oxygens (including phenoxy) is 1. The minimum absolute atomic E-state index is 0.00560. The van der Waals surface area contributed by atoms with Gasteiger partial charge in [0.1, 0.15) is 0 Å². The Labute approximate surface area is 88.8 Å². The Morgan fingerprint density at radius 3 is 2.36 bits per heavy atom. The van der Waals surface area contributed by atoms with Crippen LogP contribution in [0.15, 0.2) is 0 Å². The molecule has 0 saturated heterocycles. The number of nitrogens with one attached hydrogen (secondary N) is 1. The van der Waals surface area contributed by atoms with Gasteiger partial charge in [0, 0.05) is 19.7 Å². The number of hydrogen-bond acceptors (Lipinski definition) is 3. The summed E-state index contributed by atoms with van der Waals surface area (Å²) in [5, 5.41) is 3.44. The fourth-order valence-corrected chi connectivity index (χ4v) is 0.985. The lowest BCUT2D eigenvalue weighted by Gasteiger charge is -2.24. The summed E-state index contributed by atoms with van der Waals surface area (Å²) in [5.74, 6) is 0. The van der Waals surface area contributed by atoms with Crippen LogP contribution in [0.5, 0.6) is 0 Å². The first-order valence-electron chi connectivity index (χ1n) is 5.31. The molecular formula is C11H26N2O. The fraction of sp³-hybridized carbons (Fsp3) is 1.00. The molecular weight excluding hydrogens is 176 g/mol. The Hall–Kier alpha value is -0.120. The van der Waals surface area contributed by atoms with E-state index in [4.69, 9.17) is 4.74 Å². The van der Waals surface area contributed by atoms with Crippen molar-refractivity contribution in [3.63, 3.8) is 0 Å². The van der Waals surface area contributed by atoms with Crippen LogP contribution in [0.3, 0.4) is 0 Å². The topological polar surface area (TPSA) is 24.5 Å². The van der Waals surface area contributed by atoms with E-state index in [0.717, 1.165) is 19.5 Å². The van der Waals surface area contributed by atoms with Crippen molar-refractivity contribution in [3.05, 3.63) is 0 Å². The van der Waals surface area contributed by atoms with Crippen LogP contribution in [-0.2, 0) is 4.74 Å². The van der Waals surface area contributed by atoms with Crippen LogP contribution in [0.25, 0.3) is 0 Å². The van der Waals surface area contributed by atoms with Crippen LogP contribution in [0.4, 0.5) is 0 Å². The number of likely N-dealkylation sites (N-methyl/N-ethyl adjacent to an activating group) is 1. The Kier molecular flexibility index (Phi) is 6.33. The predicted octanol–water partition coefficient (Wildman–Crippen LogP) is 1.34. The van der Waals surface area contributed by atoms with E-state index >= 15 is 0 Å². The molecule has 1 atom stereocenters. The first kappa shape index (κ1) is 13.9. The summed E-state index contributed by atoms with van der Waals surface area (Å²) in [4.78, 5) is 2.22. The monoisotopic (exact) mass is 202 g/mol. The van der Waals surface area contributed by atoms with E-state index < -0.39 is 0 Å². The second-order valence-electron chi connectivity index (χ2n) is 4.73. The molecule has 0 aliphatic rings. The molecule has 0 spiro atoms. The van der Waals surface area contributed by atoms with Crippen molar-refractivity contribution < 1.29 is 4.74 Å². The van der Waals surface area contributed by atoms with E-state index in [1.54, 1.807) is 7.11 Å². The van der Waals surface area contributed by atoms with Gasteiger partial charge in [-0.2, -0.15) is 0 Å². The smallest absolute Gasteiger partial charge is 0.0634 e. The van der Waals surface area contributed by atoms with Crippen molar-refractivity contribution in [3.8, 4) is 0 Å². The highest BCUT2D eigenvalue weighted by atomic mass is 16.5. The van der Waals surface area contributed by atoms with Crippen LogP contribution in [0, 0.1) is 0 Å².